The summed E-state index contributed by atoms with van der Waals surface area (Å²) in [6.45, 7) is 3.71. The van der Waals surface area contributed by atoms with E-state index in [9.17, 15) is 9.59 Å². The number of aromatic nitrogens is 1. The van der Waals surface area contributed by atoms with Crippen molar-refractivity contribution in [1.82, 2.24) is 4.57 Å². The molecule has 2 rings (SSSR count). The third kappa shape index (κ3) is 2.67. The minimum Gasteiger partial charge on any atom is -0.481 e. The van der Waals surface area contributed by atoms with E-state index in [0.717, 1.165) is 16.5 Å². The predicted octanol–water partition coefficient (Wildman–Crippen LogP) is 2.95. The van der Waals surface area contributed by atoms with Crippen LogP contribution in [0.1, 0.15) is 30.6 Å². The number of carbonyl (C=O) groups is 2. The van der Waals surface area contributed by atoms with Crippen LogP contribution in [0.15, 0.2) is 30.5 Å². The molecule has 0 fully saturated rings. The molecule has 1 aromatic carbocycles. The standard InChI is InChI=1S/C15H17NO3/c1-10(2)15(19)16-9-11(7-8-14(17)18)12-5-3-4-6-13(12)16/h3-6,9-10H,7-8H2,1-2H3,(H,17,18). The van der Waals surface area contributed by atoms with E-state index >= 15 is 0 Å². The molecule has 1 N–H and O–H groups in total. The lowest BCUT2D eigenvalue weighted by molar-refractivity contribution is -0.136. The van der Waals surface area contributed by atoms with Crippen molar-refractivity contribution in [3.63, 3.8) is 0 Å². The molecule has 100 valence electrons. The average molecular weight is 259 g/mol. The number of fused-ring (bicyclic) bond motifs is 1. The number of hydrogen-bond acceptors (Lipinski definition) is 2. The number of rotatable bonds is 4. The van der Waals surface area contributed by atoms with E-state index in [2.05, 4.69) is 0 Å². The number of carboxylic acids is 1. The fraction of sp³-hybridized carbons (Fsp3) is 0.333. The van der Waals surface area contributed by atoms with E-state index in [1.165, 1.54) is 0 Å². The van der Waals surface area contributed by atoms with Crippen LogP contribution < -0.4 is 0 Å². The summed E-state index contributed by atoms with van der Waals surface area (Å²) in [5, 5.41) is 9.73. The Morgan fingerprint density at radius 3 is 2.58 bits per heavy atom. The van der Waals surface area contributed by atoms with E-state index in [1.54, 1.807) is 10.8 Å². The summed E-state index contributed by atoms with van der Waals surface area (Å²) in [6.07, 6.45) is 2.29. The molecule has 4 nitrogen and oxygen atoms in total. The second kappa shape index (κ2) is 5.26. The van der Waals surface area contributed by atoms with Crippen LogP contribution in [0.5, 0.6) is 0 Å². The van der Waals surface area contributed by atoms with Gasteiger partial charge in [-0.3, -0.25) is 14.2 Å². The first-order valence-corrected chi connectivity index (χ1v) is 6.35. The summed E-state index contributed by atoms with van der Waals surface area (Å²) in [4.78, 5) is 22.8. The van der Waals surface area contributed by atoms with Crippen LogP contribution in [0.3, 0.4) is 0 Å². The van der Waals surface area contributed by atoms with Gasteiger partial charge >= 0.3 is 5.97 Å². The topological polar surface area (TPSA) is 59.3 Å². The molecule has 0 spiro atoms. The van der Waals surface area contributed by atoms with Gasteiger partial charge in [-0.15, -0.1) is 0 Å². The monoisotopic (exact) mass is 259 g/mol. The van der Waals surface area contributed by atoms with Gasteiger partial charge in [-0.1, -0.05) is 32.0 Å². The molecule has 0 atom stereocenters. The lowest BCUT2D eigenvalue weighted by Crippen LogP contribution is -2.15. The quantitative estimate of drug-likeness (QED) is 0.918. The van der Waals surface area contributed by atoms with Gasteiger partial charge < -0.3 is 5.11 Å². The molecule has 4 heteroatoms. The third-order valence-corrected chi connectivity index (χ3v) is 3.13. The van der Waals surface area contributed by atoms with Crippen LogP contribution in [-0.4, -0.2) is 21.6 Å². The van der Waals surface area contributed by atoms with Gasteiger partial charge in [0.05, 0.1) is 5.52 Å². The van der Waals surface area contributed by atoms with Gasteiger partial charge in [0.2, 0.25) is 5.91 Å². The minimum absolute atomic E-state index is 0.0257. The zero-order chi connectivity index (χ0) is 14.0. The fourth-order valence-corrected chi connectivity index (χ4v) is 2.15. The molecule has 0 aliphatic rings. The fourth-order valence-electron chi connectivity index (χ4n) is 2.15. The van der Waals surface area contributed by atoms with E-state index in [0.29, 0.717) is 6.42 Å². The molecule has 0 aliphatic carbocycles. The lowest BCUT2D eigenvalue weighted by Gasteiger charge is -2.06. The highest BCUT2D eigenvalue weighted by Gasteiger charge is 2.16. The molecular weight excluding hydrogens is 242 g/mol. The highest BCUT2D eigenvalue weighted by Crippen LogP contribution is 2.23. The molecule has 1 heterocycles. The molecule has 0 unspecified atom stereocenters. The summed E-state index contributed by atoms with van der Waals surface area (Å²) < 4.78 is 1.64. The summed E-state index contributed by atoms with van der Waals surface area (Å²) in [5.74, 6) is -0.895. The summed E-state index contributed by atoms with van der Waals surface area (Å²) in [6, 6.07) is 7.60. The summed E-state index contributed by atoms with van der Waals surface area (Å²) in [5.41, 5.74) is 1.76. The molecule has 19 heavy (non-hydrogen) atoms. The van der Waals surface area contributed by atoms with Crippen LogP contribution >= 0.6 is 0 Å². The molecular formula is C15H17NO3. The van der Waals surface area contributed by atoms with Crippen LogP contribution in [0.25, 0.3) is 10.9 Å². The minimum atomic E-state index is -0.827. The van der Waals surface area contributed by atoms with Crippen LogP contribution in [0, 0.1) is 5.92 Å². The van der Waals surface area contributed by atoms with Crippen molar-refractivity contribution in [3.8, 4) is 0 Å². The highest BCUT2D eigenvalue weighted by molar-refractivity contribution is 5.95. The zero-order valence-corrected chi connectivity index (χ0v) is 11.1. The van der Waals surface area contributed by atoms with Crippen LogP contribution in [0.2, 0.25) is 0 Å². The average Bonchev–Trinajstić information content (AvgIpc) is 2.74. The Kier molecular flexibility index (Phi) is 3.69. The maximum absolute atomic E-state index is 12.2. The Morgan fingerprint density at radius 1 is 1.26 bits per heavy atom. The molecule has 0 saturated heterocycles. The van der Waals surface area contributed by atoms with Crippen LogP contribution in [-0.2, 0) is 11.2 Å². The first kappa shape index (κ1) is 13.3. The maximum atomic E-state index is 12.2. The Bertz CT molecular complexity index is 625. The van der Waals surface area contributed by atoms with Crippen molar-refractivity contribution >= 4 is 22.8 Å². The van der Waals surface area contributed by atoms with Crippen molar-refractivity contribution in [2.24, 2.45) is 5.92 Å². The van der Waals surface area contributed by atoms with Gasteiger partial charge in [0.1, 0.15) is 0 Å². The number of benzene rings is 1. The van der Waals surface area contributed by atoms with Gasteiger partial charge in [-0.05, 0) is 18.1 Å². The highest BCUT2D eigenvalue weighted by atomic mass is 16.4. The number of para-hydroxylation sites is 1. The molecule has 0 radical (unpaired) electrons. The maximum Gasteiger partial charge on any atom is 0.303 e. The second-order valence-corrected chi connectivity index (χ2v) is 4.93. The molecule has 2 aromatic rings. The van der Waals surface area contributed by atoms with Crippen molar-refractivity contribution in [1.29, 1.82) is 0 Å². The van der Waals surface area contributed by atoms with E-state index in [1.807, 2.05) is 38.1 Å². The van der Waals surface area contributed by atoms with E-state index in [-0.39, 0.29) is 18.2 Å². The van der Waals surface area contributed by atoms with Crippen molar-refractivity contribution in [3.05, 3.63) is 36.0 Å². The number of carboxylic acid groups (broad SMARTS) is 1. The lowest BCUT2D eigenvalue weighted by atomic mass is 10.1. The van der Waals surface area contributed by atoms with E-state index < -0.39 is 5.97 Å². The first-order valence-electron chi connectivity index (χ1n) is 6.35. The number of carbonyl (C=O) groups excluding carboxylic acids is 1. The number of aliphatic carboxylic acids is 1. The summed E-state index contributed by atoms with van der Waals surface area (Å²) >= 11 is 0. The predicted molar refractivity (Wildman–Crippen MR) is 73.4 cm³/mol. The van der Waals surface area contributed by atoms with Crippen LogP contribution in [0.4, 0.5) is 0 Å². The number of hydrogen-bond donors (Lipinski definition) is 1. The SMILES string of the molecule is CC(C)C(=O)n1cc(CCC(=O)O)c2ccccc21. The Labute approximate surface area is 111 Å². The Hall–Kier alpha value is -2.10. The number of nitrogens with zero attached hydrogens (tertiary/aromatic N) is 1. The van der Waals surface area contributed by atoms with Gasteiger partial charge in [0, 0.05) is 23.9 Å². The molecule has 0 saturated carbocycles. The Balaban J connectivity index is 2.48. The van der Waals surface area contributed by atoms with Crippen molar-refractivity contribution < 1.29 is 14.7 Å². The third-order valence-electron chi connectivity index (χ3n) is 3.13. The first-order chi connectivity index (χ1) is 9.00. The molecule has 0 bridgehead atoms. The zero-order valence-electron chi connectivity index (χ0n) is 11.1. The van der Waals surface area contributed by atoms with Crippen molar-refractivity contribution in [2.45, 2.75) is 26.7 Å². The molecule has 0 aliphatic heterocycles. The largest absolute Gasteiger partial charge is 0.481 e. The molecule has 1 aromatic heterocycles. The van der Waals surface area contributed by atoms with Crippen molar-refractivity contribution in [2.75, 3.05) is 0 Å². The normalized spacial score (nSPS) is 11.1. The smallest absolute Gasteiger partial charge is 0.303 e. The number of aryl methyl sites for hydroxylation is 1. The van der Waals surface area contributed by atoms with Gasteiger partial charge in [-0.2, -0.15) is 0 Å². The van der Waals surface area contributed by atoms with Gasteiger partial charge in [0.15, 0.2) is 0 Å². The van der Waals surface area contributed by atoms with E-state index in [4.69, 9.17) is 5.11 Å². The molecule has 0 amide bonds. The Morgan fingerprint density at radius 2 is 1.95 bits per heavy atom. The van der Waals surface area contributed by atoms with Gasteiger partial charge in [-0.25, -0.2) is 0 Å². The second-order valence-electron chi connectivity index (χ2n) is 4.93. The summed E-state index contributed by atoms with van der Waals surface area (Å²) in [7, 11) is 0. The van der Waals surface area contributed by atoms with Gasteiger partial charge in [0.25, 0.3) is 0 Å².